The van der Waals surface area contributed by atoms with E-state index < -0.39 is 17.7 Å². The Morgan fingerprint density at radius 2 is 2.00 bits per heavy atom. The van der Waals surface area contributed by atoms with Gasteiger partial charge in [-0.25, -0.2) is 8.78 Å². The van der Waals surface area contributed by atoms with Gasteiger partial charge in [0.1, 0.15) is 11.6 Å². The molecular formula is C12H13ClF2O. The van der Waals surface area contributed by atoms with Crippen molar-refractivity contribution in [2.45, 2.75) is 18.9 Å². The average molecular weight is 247 g/mol. The quantitative estimate of drug-likeness (QED) is 0.724. The molecule has 1 fully saturated rings. The molecule has 2 rings (SSSR count). The summed E-state index contributed by atoms with van der Waals surface area (Å²) in [5, 5.41) is 0. The summed E-state index contributed by atoms with van der Waals surface area (Å²) in [6.45, 7) is 0.534. The van der Waals surface area contributed by atoms with E-state index in [9.17, 15) is 8.78 Å². The van der Waals surface area contributed by atoms with E-state index in [0.29, 0.717) is 12.5 Å². The van der Waals surface area contributed by atoms with Crippen molar-refractivity contribution in [1.82, 2.24) is 0 Å². The van der Waals surface area contributed by atoms with Crippen LogP contribution in [0.5, 0.6) is 0 Å². The lowest BCUT2D eigenvalue weighted by Crippen LogP contribution is -2.25. The number of ether oxygens (including phenoxy) is 1. The molecule has 1 heterocycles. The van der Waals surface area contributed by atoms with Crippen molar-refractivity contribution in [3.63, 3.8) is 0 Å². The summed E-state index contributed by atoms with van der Waals surface area (Å²) in [5.74, 6) is -0.760. The zero-order valence-corrected chi connectivity index (χ0v) is 9.51. The van der Waals surface area contributed by atoms with Crippen LogP contribution in [0.3, 0.4) is 0 Å². The molecule has 0 bridgehead atoms. The molecule has 1 aliphatic heterocycles. The Morgan fingerprint density at radius 3 is 2.62 bits per heavy atom. The van der Waals surface area contributed by atoms with Crippen LogP contribution >= 0.6 is 11.6 Å². The molecular weight excluding hydrogens is 234 g/mol. The maximum absolute atomic E-state index is 13.6. The highest BCUT2D eigenvalue weighted by Crippen LogP contribution is 2.36. The van der Waals surface area contributed by atoms with Gasteiger partial charge >= 0.3 is 0 Å². The largest absolute Gasteiger partial charge is 0.373 e. The molecule has 0 saturated carbocycles. The summed E-state index contributed by atoms with van der Waals surface area (Å²) < 4.78 is 32.6. The number of benzene rings is 1. The Bertz CT molecular complexity index is 350. The van der Waals surface area contributed by atoms with E-state index in [0.717, 1.165) is 12.8 Å². The van der Waals surface area contributed by atoms with Crippen LogP contribution in [0.4, 0.5) is 8.78 Å². The third-order valence-corrected chi connectivity index (χ3v) is 3.32. The highest BCUT2D eigenvalue weighted by molar-refractivity contribution is 6.18. The molecule has 4 heteroatoms. The monoisotopic (exact) mass is 246 g/mol. The fourth-order valence-electron chi connectivity index (χ4n) is 2.10. The van der Waals surface area contributed by atoms with Crippen LogP contribution in [0.1, 0.15) is 24.5 Å². The lowest BCUT2D eigenvalue weighted by atomic mass is 9.90. The second kappa shape index (κ2) is 5.11. The maximum atomic E-state index is 13.6. The Hall–Kier alpha value is -0.670. The predicted molar refractivity (Wildman–Crippen MR) is 58.5 cm³/mol. The smallest absolute Gasteiger partial charge is 0.131 e. The van der Waals surface area contributed by atoms with Crippen molar-refractivity contribution in [3.8, 4) is 0 Å². The summed E-state index contributed by atoms with van der Waals surface area (Å²) in [5.41, 5.74) is 0.0212. The van der Waals surface area contributed by atoms with Crippen molar-refractivity contribution < 1.29 is 13.5 Å². The van der Waals surface area contributed by atoms with Crippen LogP contribution < -0.4 is 0 Å². The Balaban J connectivity index is 2.34. The van der Waals surface area contributed by atoms with Gasteiger partial charge in [-0.15, -0.1) is 11.6 Å². The van der Waals surface area contributed by atoms with Crippen LogP contribution in [-0.4, -0.2) is 12.5 Å². The van der Waals surface area contributed by atoms with Crippen molar-refractivity contribution in [3.05, 3.63) is 35.4 Å². The van der Waals surface area contributed by atoms with E-state index in [1.807, 2.05) is 0 Å². The lowest BCUT2D eigenvalue weighted by Gasteiger charge is -2.31. The van der Waals surface area contributed by atoms with Crippen molar-refractivity contribution >= 4 is 11.6 Å². The molecule has 1 aromatic rings. The highest BCUT2D eigenvalue weighted by Gasteiger charge is 2.31. The second-order valence-corrected chi connectivity index (χ2v) is 4.29. The molecule has 1 aromatic carbocycles. The van der Waals surface area contributed by atoms with Crippen LogP contribution in [-0.2, 0) is 4.74 Å². The molecule has 0 radical (unpaired) electrons. The topological polar surface area (TPSA) is 9.23 Å². The van der Waals surface area contributed by atoms with Crippen molar-refractivity contribution in [2.75, 3.05) is 12.5 Å². The van der Waals surface area contributed by atoms with Gasteiger partial charge in [0.15, 0.2) is 0 Å². The highest BCUT2D eigenvalue weighted by atomic mass is 35.5. The van der Waals surface area contributed by atoms with Crippen LogP contribution in [0.2, 0.25) is 0 Å². The minimum absolute atomic E-state index is 0.0122. The number of hydrogen-bond donors (Lipinski definition) is 0. The molecule has 2 atom stereocenters. The molecule has 0 aliphatic carbocycles. The fourth-order valence-corrected chi connectivity index (χ4v) is 2.42. The molecule has 88 valence electrons. The van der Waals surface area contributed by atoms with E-state index >= 15 is 0 Å². The van der Waals surface area contributed by atoms with Gasteiger partial charge in [-0.05, 0) is 25.0 Å². The van der Waals surface area contributed by atoms with Gasteiger partial charge in [0.05, 0.1) is 11.7 Å². The molecule has 1 saturated heterocycles. The molecule has 16 heavy (non-hydrogen) atoms. The molecule has 0 amide bonds. The Morgan fingerprint density at radius 1 is 1.31 bits per heavy atom. The van der Waals surface area contributed by atoms with Gasteiger partial charge in [-0.3, -0.25) is 0 Å². The summed E-state index contributed by atoms with van der Waals surface area (Å²) in [4.78, 5) is 0. The first-order valence-corrected chi connectivity index (χ1v) is 5.89. The van der Waals surface area contributed by atoms with Crippen molar-refractivity contribution in [2.24, 2.45) is 5.92 Å². The fraction of sp³-hybridized carbons (Fsp3) is 0.500. The van der Waals surface area contributed by atoms with Crippen molar-refractivity contribution in [1.29, 1.82) is 0 Å². The normalized spacial score (nSPS) is 25.7. The number of rotatable bonds is 2. The van der Waals surface area contributed by atoms with Crippen LogP contribution in [0.25, 0.3) is 0 Å². The van der Waals surface area contributed by atoms with Crippen LogP contribution in [0.15, 0.2) is 18.2 Å². The zero-order chi connectivity index (χ0) is 11.5. The summed E-state index contributed by atoms with van der Waals surface area (Å²) in [7, 11) is 0. The molecule has 0 aromatic heterocycles. The number of halogens is 3. The average Bonchev–Trinajstić information content (AvgIpc) is 2.29. The van der Waals surface area contributed by atoms with Crippen LogP contribution in [0, 0.1) is 17.6 Å². The van der Waals surface area contributed by atoms with Gasteiger partial charge in [-0.1, -0.05) is 6.07 Å². The van der Waals surface area contributed by atoms with E-state index in [2.05, 4.69) is 0 Å². The minimum Gasteiger partial charge on any atom is -0.373 e. The third kappa shape index (κ3) is 2.20. The minimum atomic E-state index is -0.554. The zero-order valence-electron chi connectivity index (χ0n) is 8.76. The summed E-state index contributed by atoms with van der Waals surface area (Å²) in [6, 6.07) is 3.86. The number of alkyl halides is 1. The molecule has 2 unspecified atom stereocenters. The van der Waals surface area contributed by atoms with Gasteiger partial charge in [0.25, 0.3) is 0 Å². The van der Waals surface area contributed by atoms with Gasteiger partial charge in [-0.2, -0.15) is 0 Å². The molecule has 1 aliphatic rings. The first-order valence-electron chi connectivity index (χ1n) is 5.35. The lowest BCUT2D eigenvalue weighted by molar-refractivity contribution is -0.0248. The Labute approximate surface area is 98.4 Å². The van der Waals surface area contributed by atoms with Gasteiger partial charge in [0.2, 0.25) is 0 Å². The van der Waals surface area contributed by atoms with E-state index in [-0.39, 0.29) is 11.5 Å². The second-order valence-electron chi connectivity index (χ2n) is 3.98. The van der Waals surface area contributed by atoms with E-state index in [1.165, 1.54) is 18.2 Å². The molecule has 0 spiro atoms. The first-order chi connectivity index (χ1) is 7.74. The molecule has 1 nitrogen and oxygen atoms in total. The summed E-state index contributed by atoms with van der Waals surface area (Å²) >= 11 is 5.80. The third-order valence-electron chi connectivity index (χ3n) is 2.93. The standard InChI is InChI=1S/C12H13ClF2O/c13-7-8-3-2-6-16-12(8)11-9(14)4-1-5-10(11)15/h1,4-5,8,12H,2-3,6-7H2. The summed E-state index contributed by atoms with van der Waals surface area (Å²) in [6.07, 6.45) is 1.19. The van der Waals surface area contributed by atoms with E-state index in [1.54, 1.807) is 0 Å². The van der Waals surface area contributed by atoms with Gasteiger partial charge in [0, 0.05) is 18.4 Å². The first kappa shape index (κ1) is 11.8. The predicted octanol–water partition coefficient (Wildman–Crippen LogP) is 3.67. The Kier molecular flexibility index (Phi) is 3.77. The maximum Gasteiger partial charge on any atom is 0.131 e. The van der Waals surface area contributed by atoms with E-state index in [4.69, 9.17) is 16.3 Å². The molecule has 0 N–H and O–H groups in total. The number of hydrogen-bond acceptors (Lipinski definition) is 1. The van der Waals surface area contributed by atoms with Gasteiger partial charge < -0.3 is 4.74 Å². The SMILES string of the molecule is Fc1cccc(F)c1C1OCCCC1CCl.